The maximum absolute atomic E-state index is 11.2. The van der Waals surface area contributed by atoms with Crippen LogP contribution in [0, 0.1) is 0 Å². The topological polar surface area (TPSA) is 91.9 Å². The second kappa shape index (κ2) is 8.36. The van der Waals surface area contributed by atoms with E-state index in [-0.39, 0.29) is 64.9 Å². The summed E-state index contributed by atoms with van der Waals surface area (Å²) in [5.41, 5.74) is 1.41. The number of aromatic amines is 1. The quantitative estimate of drug-likeness (QED) is 0.447. The standard InChI is InChI=1S/C11H10N2O3S.2Na/c14-9(15)5-6(11(16)17)10-12-7-3-1-2-4-8(7)13-10;;/h1-4,6H,5H2,(H,12,13)(H,14,15)(H,16,17);;/q;2*+1/p-2. The van der Waals surface area contributed by atoms with Crippen molar-refractivity contribution in [1.82, 2.24) is 9.97 Å². The summed E-state index contributed by atoms with van der Waals surface area (Å²) in [6.07, 6.45) is -0.456. The average molecular weight is 294 g/mol. The number of imidazole rings is 1. The van der Waals surface area contributed by atoms with Crippen molar-refractivity contribution >= 4 is 34.3 Å². The number of hydrogen-bond acceptors (Lipinski definition) is 5. The van der Waals surface area contributed by atoms with Crippen LogP contribution in [0.25, 0.3) is 11.0 Å². The number of H-pyrrole nitrogens is 1. The summed E-state index contributed by atoms with van der Waals surface area (Å²) in [7, 11) is 0. The fourth-order valence-corrected chi connectivity index (χ4v) is 1.79. The van der Waals surface area contributed by atoms with E-state index in [0.717, 1.165) is 5.52 Å². The first kappa shape index (κ1) is 19.1. The molecule has 0 spiro atoms. The van der Waals surface area contributed by atoms with Crippen molar-refractivity contribution in [2.75, 3.05) is 0 Å². The van der Waals surface area contributed by atoms with Crippen molar-refractivity contribution < 1.29 is 74.1 Å². The van der Waals surface area contributed by atoms with Crippen LogP contribution in [-0.2, 0) is 4.79 Å². The molecule has 1 N–H and O–H groups in total. The van der Waals surface area contributed by atoms with Gasteiger partial charge in [0.2, 0.25) is 0 Å². The summed E-state index contributed by atoms with van der Waals surface area (Å²) in [5.74, 6) is -2.01. The van der Waals surface area contributed by atoms with Crippen LogP contribution in [-0.4, -0.2) is 21.0 Å². The Morgan fingerprint density at radius 3 is 2.47 bits per heavy atom. The largest absolute Gasteiger partial charge is 1.00 e. The zero-order chi connectivity index (χ0) is 12.4. The molecule has 88 valence electrons. The predicted octanol–water partition coefficient (Wildman–Crippen LogP) is -6.52. The number of hydrogen-bond donors (Lipinski definition) is 1. The van der Waals surface area contributed by atoms with Crippen LogP contribution in [0.4, 0.5) is 0 Å². The third-order valence-electron chi connectivity index (χ3n) is 2.39. The van der Waals surface area contributed by atoms with E-state index in [1.54, 1.807) is 18.2 Å². The molecule has 2 aromatic rings. The molecule has 0 aliphatic carbocycles. The first-order chi connectivity index (χ1) is 8.08. The first-order valence-electron chi connectivity index (χ1n) is 4.93. The zero-order valence-electron chi connectivity index (χ0n) is 10.7. The van der Waals surface area contributed by atoms with Gasteiger partial charge in [0.1, 0.15) is 5.82 Å². The molecule has 2 rings (SSSR count). The Morgan fingerprint density at radius 1 is 1.32 bits per heavy atom. The molecule has 1 aromatic heterocycles. The van der Waals surface area contributed by atoms with Gasteiger partial charge in [-0.15, -0.1) is 12.2 Å². The average Bonchev–Trinajstić information content (AvgIpc) is 2.68. The summed E-state index contributed by atoms with van der Waals surface area (Å²) >= 11 is 4.52. The summed E-state index contributed by atoms with van der Waals surface area (Å²) in [6, 6.07) is 7.17. The minimum atomic E-state index is -1.33. The molecular weight excluding hydrogens is 286 g/mol. The first-order valence-corrected chi connectivity index (χ1v) is 5.34. The van der Waals surface area contributed by atoms with E-state index >= 15 is 0 Å². The number of carboxylic acid groups (broad SMARTS) is 1. The second-order valence-electron chi connectivity index (χ2n) is 3.59. The summed E-state index contributed by atoms with van der Waals surface area (Å²) in [5, 5.41) is 21.1. The molecule has 0 saturated carbocycles. The minimum absolute atomic E-state index is 0. The molecule has 1 heterocycles. The fraction of sp³-hybridized carbons (Fsp3) is 0.182. The Bertz CT molecular complexity index is 555. The van der Waals surface area contributed by atoms with Gasteiger partial charge in [-0.3, -0.25) is 0 Å². The number of para-hydroxylation sites is 2. The summed E-state index contributed by atoms with van der Waals surface area (Å²) in [6.45, 7) is 0. The third-order valence-corrected chi connectivity index (χ3v) is 2.68. The maximum Gasteiger partial charge on any atom is 1.00 e. The van der Waals surface area contributed by atoms with Gasteiger partial charge in [-0.2, -0.15) is 0 Å². The minimum Gasteiger partial charge on any atom is -0.867 e. The van der Waals surface area contributed by atoms with Gasteiger partial charge in [0.15, 0.2) is 0 Å². The van der Waals surface area contributed by atoms with E-state index in [1.807, 2.05) is 6.07 Å². The van der Waals surface area contributed by atoms with Crippen LogP contribution >= 0.6 is 12.2 Å². The van der Waals surface area contributed by atoms with Gasteiger partial charge >= 0.3 is 59.1 Å². The molecule has 1 atom stereocenters. The molecule has 0 aliphatic rings. The molecule has 5 nitrogen and oxygen atoms in total. The van der Waals surface area contributed by atoms with Gasteiger partial charge in [-0.25, -0.2) is 4.98 Å². The number of carbonyl (C=O) groups excluding carboxylic acids is 1. The monoisotopic (exact) mass is 294 g/mol. The molecule has 0 saturated heterocycles. The second-order valence-corrected chi connectivity index (χ2v) is 3.99. The number of aromatic nitrogens is 2. The van der Waals surface area contributed by atoms with Crippen molar-refractivity contribution in [3.63, 3.8) is 0 Å². The van der Waals surface area contributed by atoms with Gasteiger partial charge in [-0.1, -0.05) is 17.2 Å². The van der Waals surface area contributed by atoms with Crippen molar-refractivity contribution in [3.8, 4) is 0 Å². The van der Waals surface area contributed by atoms with E-state index in [1.165, 1.54) is 0 Å². The Kier molecular flexibility index (Phi) is 8.38. The molecule has 1 aromatic carbocycles. The molecular formula is C11H8N2Na2O3S. The molecule has 0 radical (unpaired) electrons. The number of benzene rings is 1. The van der Waals surface area contributed by atoms with Crippen LogP contribution in [0.1, 0.15) is 18.2 Å². The Balaban J connectivity index is 0.00000162. The van der Waals surface area contributed by atoms with Crippen molar-refractivity contribution in [2.24, 2.45) is 0 Å². The van der Waals surface area contributed by atoms with E-state index in [0.29, 0.717) is 5.52 Å². The molecule has 1 unspecified atom stereocenters. The van der Waals surface area contributed by atoms with E-state index < -0.39 is 23.4 Å². The Labute approximate surface area is 159 Å². The van der Waals surface area contributed by atoms with Gasteiger partial charge in [0.05, 0.1) is 11.0 Å². The van der Waals surface area contributed by atoms with Crippen molar-refractivity contribution in [2.45, 2.75) is 12.3 Å². The van der Waals surface area contributed by atoms with Crippen LogP contribution in [0.3, 0.4) is 0 Å². The third kappa shape index (κ3) is 4.82. The van der Waals surface area contributed by atoms with Crippen molar-refractivity contribution in [3.05, 3.63) is 30.1 Å². The number of thiocarbonyl (C=S) groups is 1. The van der Waals surface area contributed by atoms with Gasteiger partial charge in [0, 0.05) is 18.3 Å². The number of carbonyl (C=O) groups is 1. The Morgan fingerprint density at radius 2 is 1.95 bits per heavy atom. The fourth-order valence-electron chi connectivity index (χ4n) is 1.60. The smallest absolute Gasteiger partial charge is 0.867 e. The van der Waals surface area contributed by atoms with Gasteiger partial charge in [-0.05, 0) is 12.1 Å². The van der Waals surface area contributed by atoms with Crippen molar-refractivity contribution in [1.29, 1.82) is 0 Å². The van der Waals surface area contributed by atoms with Crippen LogP contribution in [0.2, 0.25) is 0 Å². The zero-order valence-corrected chi connectivity index (χ0v) is 15.5. The SMILES string of the molecule is O=C([O-])CC(C([O-])=S)c1nc2ccccc2[nH]1.[Na+].[Na+]. The summed E-state index contributed by atoms with van der Waals surface area (Å²) in [4.78, 5) is 17.6. The molecule has 0 fully saturated rings. The van der Waals surface area contributed by atoms with Gasteiger partial charge < -0.3 is 20.0 Å². The maximum atomic E-state index is 11.2. The number of carboxylic acids is 1. The Hall–Kier alpha value is 0.0500. The number of nitrogens with zero attached hydrogens (tertiary/aromatic N) is 1. The summed E-state index contributed by atoms with van der Waals surface area (Å²) < 4.78 is 0. The normalized spacial score (nSPS) is 11.2. The molecule has 0 aliphatic heterocycles. The molecule has 0 amide bonds. The van der Waals surface area contributed by atoms with E-state index in [4.69, 9.17) is 0 Å². The van der Waals surface area contributed by atoms with Crippen LogP contribution < -0.4 is 69.3 Å². The number of nitrogens with one attached hydrogen (secondary N) is 1. The molecule has 8 heteroatoms. The number of fused-ring (bicyclic) bond motifs is 1. The van der Waals surface area contributed by atoms with Crippen LogP contribution in [0.15, 0.2) is 24.3 Å². The van der Waals surface area contributed by atoms with E-state index in [9.17, 15) is 15.0 Å². The molecule has 19 heavy (non-hydrogen) atoms. The van der Waals surface area contributed by atoms with Crippen LogP contribution in [0.5, 0.6) is 0 Å². The predicted molar refractivity (Wildman–Crippen MR) is 61.1 cm³/mol. The van der Waals surface area contributed by atoms with E-state index in [2.05, 4.69) is 22.2 Å². The number of aliphatic carboxylic acids is 1. The number of rotatable bonds is 4. The van der Waals surface area contributed by atoms with Gasteiger partial charge in [0.25, 0.3) is 0 Å². The molecule has 0 bridgehead atoms.